The Bertz CT molecular complexity index is 999. The van der Waals surface area contributed by atoms with Gasteiger partial charge in [0, 0.05) is 44.8 Å². The van der Waals surface area contributed by atoms with Crippen molar-refractivity contribution in [2.24, 2.45) is 0 Å². The minimum absolute atomic E-state index is 0.0446. The van der Waals surface area contributed by atoms with Gasteiger partial charge in [0.2, 0.25) is 11.8 Å². The van der Waals surface area contributed by atoms with Crippen LogP contribution in [0.5, 0.6) is 11.5 Å². The first-order chi connectivity index (χ1) is 16.0. The van der Waals surface area contributed by atoms with Crippen molar-refractivity contribution in [2.45, 2.75) is 19.3 Å². The molecular weight excluding hydrogens is 422 g/mol. The number of methoxy groups -OCH3 is 1. The fourth-order valence-corrected chi connectivity index (χ4v) is 4.15. The van der Waals surface area contributed by atoms with E-state index in [0.29, 0.717) is 44.8 Å². The van der Waals surface area contributed by atoms with Crippen molar-refractivity contribution < 1.29 is 23.9 Å². The number of carbonyl (C=O) groups is 3. The Morgan fingerprint density at radius 3 is 2.21 bits per heavy atom. The molecule has 2 fully saturated rings. The van der Waals surface area contributed by atoms with Crippen molar-refractivity contribution in [1.82, 2.24) is 9.80 Å². The Labute approximate surface area is 193 Å². The van der Waals surface area contributed by atoms with Crippen LogP contribution in [0.3, 0.4) is 0 Å². The average molecular weight is 452 g/mol. The fraction of sp³-hybridized carbons (Fsp3) is 0.400. The van der Waals surface area contributed by atoms with Gasteiger partial charge in [0.25, 0.3) is 5.91 Å². The van der Waals surface area contributed by atoms with Crippen LogP contribution in [0.1, 0.15) is 18.4 Å². The second-order valence-electron chi connectivity index (χ2n) is 8.22. The van der Waals surface area contributed by atoms with Gasteiger partial charge in [-0.1, -0.05) is 12.1 Å². The summed E-state index contributed by atoms with van der Waals surface area (Å²) in [6.07, 6.45) is 1.78. The molecule has 0 aromatic heterocycles. The highest BCUT2D eigenvalue weighted by atomic mass is 16.5. The van der Waals surface area contributed by atoms with Gasteiger partial charge in [-0.05, 0) is 48.4 Å². The van der Waals surface area contributed by atoms with Crippen molar-refractivity contribution in [2.75, 3.05) is 51.3 Å². The molecule has 2 aliphatic rings. The molecule has 174 valence electrons. The zero-order valence-corrected chi connectivity index (χ0v) is 18.9. The molecule has 0 aliphatic carbocycles. The molecule has 2 saturated heterocycles. The third-order valence-corrected chi connectivity index (χ3v) is 6.06. The normalized spacial score (nSPS) is 16.2. The van der Waals surface area contributed by atoms with Crippen molar-refractivity contribution in [3.63, 3.8) is 0 Å². The molecule has 2 aliphatic heterocycles. The van der Waals surface area contributed by atoms with Crippen molar-refractivity contribution >= 4 is 23.4 Å². The maximum Gasteiger partial charge on any atom is 0.260 e. The molecule has 33 heavy (non-hydrogen) atoms. The lowest BCUT2D eigenvalue weighted by Gasteiger charge is -2.34. The van der Waals surface area contributed by atoms with Gasteiger partial charge in [0.15, 0.2) is 6.61 Å². The SMILES string of the molecule is COc1cccc(CC(=O)N2CCN(C(=O)COc3ccc(N4CCCC4=O)cc3)CC2)c1. The van der Waals surface area contributed by atoms with Gasteiger partial charge in [-0.25, -0.2) is 0 Å². The molecule has 8 heteroatoms. The van der Waals surface area contributed by atoms with Crippen LogP contribution in [0.25, 0.3) is 0 Å². The highest BCUT2D eigenvalue weighted by molar-refractivity contribution is 5.95. The number of anilines is 1. The summed E-state index contributed by atoms with van der Waals surface area (Å²) in [6, 6.07) is 14.7. The van der Waals surface area contributed by atoms with Gasteiger partial charge >= 0.3 is 0 Å². The van der Waals surface area contributed by atoms with E-state index in [-0.39, 0.29) is 24.3 Å². The molecule has 0 atom stereocenters. The molecule has 0 spiro atoms. The topological polar surface area (TPSA) is 79.4 Å². The summed E-state index contributed by atoms with van der Waals surface area (Å²) >= 11 is 0. The van der Waals surface area contributed by atoms with Crippen LogP contribution >= 0.6 is 0 Å². The number of rotatable bonds is 7. The van der Waals surface area contributed by atoms with Crippen LogP contribution in [0.4, 0.5) is 5.69 Å². The molecule has 2 aromatic carbocycles. The van der Waals surface area contributed by atoms with Gasteiger partial charge in [-0.3, -0.25) is 14.4 Å². The largest absolute Gasteiger partial charge is 0.497 e. The Hall–Kier alpha value is -3.55. The van der Waals surface area contributed by atoms with Gasteiger partial charge in [0.1, 0.15) is 11.5 Å². The quantitative estimate of drug-likeness (QED) is 0.644. The number of ether oxygens (including phenoxy) is 2. The second-order valence-corrected chi connectivity index (χ2v) is 8.22. The first-order valence-electron chi connectivity index (χ1n) is 11.3. The van der Waals surface area contributed by atoms with E-state index in [2.05, 4.69) is 0 Å². The zero-order valence-electron chi connectivity index (χ0n) is 18.9. The highest BCUT2D eigenvalue weighted by Crippen LogP contribution is 2.24. The van der Waals surface area contributed by atoms with Crippen LogP contribution in [-0.2, 0) is 20.8 Å². The molecule has 0 saturated carbocycles. The third-order valence-electron chi connectivity index (χ3n) is 6.06. The summed E-state index contributed by atoms with van der Waals surface area (Å²) in [5.74, 6) is 1.40. The molecule has 4 rings (SSSR count). The van der Waals surface area contributed by atoms with Crippen LogP contribution < -0.4 is 14.4 Å². The highest BCUT2D eigenvalue weighted by Gasteiger charge is 2.25. The van der Waals surface area contributed by atoms with Gasteiger partial charge in [0.05, 0.1) is 13.5 Å². The molecule has 2 heterocycles. The number of amides is 3. The number of hydrogen-bond donors (Lipinski definition) is 0. The molecule has 3 amide bonds. The summed E-state index contributed by atoms with van der Waals surface area (Å²) in [5.41, 5.74) is 1.76. The molecule has 0 unspecified atom stereocenters. The Kier molecular flexibility index (Phi) is 7.12. The summed E-state index contributed by atoms with van der Waals surface area (Å²) in [4.78, 5) is 42.3. The average Bonchev–Trinajstić information content (AvgIpc) is 3.28. The number of hydrogen-bond acceptors (Lipinski definition) is 5. The van der Waals surface area contributed by atoms with E-state index in [9.17, 15) is 14.4 Å². The van der Waals surface area contributed by atoms with E-state index in [1.165, 1.54) is 0 Å². The molecule has 2 aromatic rings. The monoisotopic (exact) mass is 451 g/mol. The molecule has 8 nitrogen and oxygen atoms in total. The van der Waals surface area contributed by atoms with E-state index in [1.54, 1.807) is 33.9 Å². The van der Waals surface area contributed by atoms with Gasteiger partial charge < -0.3 is 24.2 Å². The predicted octanol–water partition coefficient (Wildman–Crippen LogP) is 2.11. The molecular formula is C25H29N3O5. The van der Waals surface area contributed by atoms with Crippen molar-refractivity contribution in [3.05, 3.63) is 54.1 Å². The van der Waals surface area contributed by atoms with Crippen LogP contribution in [0.15, 0.2) is 48.5 Å². The smallest absolute Gasteiger partial charge is 0.260 e. The first-order valence-corrected chi connectivity index (χ1v) is 11.3. The van der Waals surface area contributed by atoms with E-state index in [0.717, 1.165) is 30.0 Å². The minimum Gasteiger partial charge on any atom is -0.497 e. The number of piperazine rings is 1. The van der Waals surface area contributed by atoms with Crippen molar-refractivity contribution in [1.29, 1.82) is 0 Å². The Morgan fingerprint density at radius 1 is 0.879 bits per heavy atom. The predicted molar refractivity (Wildman–Crippen MR) is 123 cm³/mol. The summed E-state index contributed by atoms with van der Waals surface area (Å²) in [5, 5.41) is 0. The van der Waals surface area contributed by atoms with Crippen molar-refractivity contribution in [3.8, 4) is 11.5 Å². The lowest BCUT2D eigenvalue weighted by Crippen LogP contribution is -2.52. The number of carbonyl (C=O) groups excluding carboxylic acids is 3. The summed E-state index contributed by atoms with van der Waals surface area (Å²) in [6.45, 7) is 2.68. The first kappa shape index (κ1) is 22.6. The van der Waals surface area contributed by atoms with Crippen LogP contribution in [-0.4, -0.2) is 74.0 Å². The molecule has 0 N–H and O–H groups in total. The van der Waals surface area contributed by atoms with E-state index in [4.69, 9.17) is 9.47 Å². The maximum atomic E-state index is 12.6. The second kappa shape index (κ2) is 10.4. The summed E-state index contributed by atoms with van der Waals surface area (Å²) < 4.78 is 10.9. The molecule has 0 bridgehead atoms. The number of benzene rings is 2. The van der Waals surface area contributed by atoms with Crippen LogP contribution in [0, 0.1) is 0 Å². The van der Waals surface area contributed by atoms with E-state index < -0.39 is 0 Å². The van der Waals surface area contributed by atoms with Crippen LogP contribution in [0.2, 0.25) is 0 Å². The van der Waals surface area contributed by atoms with E-state index in [1.807, 2.05) is 36.4 Å². The minimum atomic E-state index is -0.103. The maximum absolute atomic E-state index is 12.6. The Balaban J connectivity index is 1.21. The standard InChI is InChI=1S/C25H29N3O5/c1-32-22-5-2-4-19(16-22)17-24(30)26-12-14-27(15-13-26)25(31)18-33-21-9-7-20(8-10-21)28-11-3-6-23(28)29/h2,4-5,7-10,16H,3,6,11-15,17-18H2,1H3. The summed E-state index contributed by atoms with van der Waals surface area (Å²) in [7, 11) is 1.60. The fourth-order valence-electron chi connectivity index (χ4n) is 4.15. The molecule has 0 radical (unpaired) electrons. The lowest BCUT2D eigenvalue weighted by atomic mass is 10.1. The zero-order chi connectivity index (χ0) is 23.2. The van der Waals surface area contributed by atoms with Gasteiger partial charge in [-0.15, -0.1) is 0 Å². The number of nitrogens with zero attached hydrogens (tertiary/aromatic N) is 3. The third kappa shape index (κ3) is 5.63. The Morgan fingerprint density at radius 2 is 1.58 bits per heavy atom. The van der Waals surface area contributed by atoms with Gasteiger partial charge in [-0.2, -0.15) is 0 Å². The lowest BCUT2D eigenvalue weighted by molar-refractivity contribution is -0.140. The van der Waals surface area contributed by atoms with E-state index >= 15 is 0 Å².